The summed E-state index contributed by atoms with van der Waals surface area (Å²) in [6.45, 7) is 3.00. The Morgan fingerprint density at radius 1 is 1.08 bits per heavy atom. The Morgan fingerprint density at radius 2 is 1.75 bits per heavy atom. The van der Waals surface area contributed by atoms with E-state index in [2.05, 4.69) is 5.32 Å². The van der Waals surface area contributed by atoms with Gasteiger partial charge in [-0.15, -0.1) is 0 Å². The fraction of sp³-hybridized carbons (Fsp3) is 0.462. The molecule has 2 aromatic rings. The molecule has 1 aliphatic rings. The van der Waals surface area contributed by atoms with E-state index in [1.54, 1.807) is 6.92 Å². The van der Waals surface area contributed by atoms with Crippen LogP contribution in [-0.4, -0.2) is 62.2 Å². The minimum atomic E-state index is -4.21. The zero-order valence-electron chi connectivity index (χ0n) is 21.3. The fourth-order valence-electron chi connectivity index (χ4n) is 4.34. The summed E-state index contributed by atoms with van der Waals surface area (Å²) in [4.78, 5) is 28.1. The average molecular weight is 519 g/mol. The van der Waals surface area contributed by atoms with Gasteiger partial charge in [-0.05, 0) is 44.4 Å². The number of benzene rings is 2. The molecule has 0 aromatic heterocycles. The van der Waals surface area contributed by atoms with Crippen molar-refractivity contribution in [2.75, 3.05) is 24.9 Å². The van der Waals surface area contributed by atoms with Crippen molar-refractivity contribution in [2.45, 2.75) is 58.2 Å². The first kappa shape index (κ1) is 27.6. The number of aryl methyl sites for hydroxylation is 1. The highest BCUT2D eigenvalue weighted by atomic mass is 32.2. The molecule has 1 fully saturated rings. The Kier molecular flexibility index (Phi) is 9.08. The number of halogens is 1. The zero-order chi connectivity index (χ0) is 26.5. The van der Waals surface area contributed by atoms with E-state index in [9.17, 15) is 22.4 Å². The van der Waals surface area contributed by atoms with Crippen LogP contribution in [0.5, 0.6) is 0 Å². The van der Waals surface area contributed by atoms with E-state index in [1.165, 1.54) is 37.2 Å². The summed E-state index contributed by atoms with van der Waals surface area (Å²) >= 11 is 0. The fourth-order valence-corrected chi connectivity index (χ4v) is 5.40. The lowest BCUT2D eigenvalue weighted by Gasteiger charge is -2.33. The first-order valence-electron chi connectivity index (χ1n) is 12.1. The molecule has 0 bridgehead atoms. The summed E-state index contributed by atoms with van der Waals surface area (Å²) in [7, 11) is -1.58. The van der Waals surface area contributed by atoms with Gasteiger partial charge in [-0.3, -0.25) is 9.59 Å². The maximum atomic E-state index is 14.7. The Hall–Kier alpha value is -2.98. The summed E-state index contributed by atoms with van der Waals surface area (Å²) in [6.07, 6.45) is 3.88. The number of anilines is 1. The van der Waals surface area contributed by atoms with Crippen LogP contribution >= 0.6 is 0 Å². The molecular weight excluding hydrogens is 483 g/mol. The van der Waals surface area contributed by atoms with Crippen LogP contribution in [-0.2, 0) is 26.3 Å². The Morgan fingerprint density at radius 3 is 2.36 bits per heavy atom. The Labute approximate surface area is 213 Å². The van der Waals surface area contributed by atoms with Crippen molar-refractivity contribution in [1.29, 1.82) is 0 Å². The first-order chi connectivity index (χ1) is 17.0. The molecule has 2 amide bonds. The molecule has 0 unspecified atom stereocenters. The Balaban J connectivity index is 1.94. The quantitative estimate of drug-likeness (QED) is 0.523. The first-order valence-corrected chi connectivity index (χ1v) is 13.5. The van der Waals surface area contributed by atoms with Gasteiger partial charge in [0.1, 0.15) is 18.4 Å². The predicted molar refractivity (Wildman–Crippen MR) is 138 cm³/mol. The second-order valence-electron chi connectivity index (χ2n) is 9.42. The minimum Gasteiger partial charge on any atom is -0.352 e. The van der Waals surface area contributed by atoms with Gasteiger partial charge in [-0.2, -0.15) is 12.7 Å². The van der Waals surface area contributed by atoms with Crippen molar-refractivity contribution in [2.24, 2.45) is 0 Å². The van der Waals surface area contributed by atoms with Crippen LogP contribution in [0.3, 0.4) is 0 Å². The lowest BCUT2D eigenvalue weighted by molar-refractivity contribution is -0.139. The Bertz CT molecular complexity index is 1180. The SMILES string of the molecule is Cc1cccc(CN(C(=O)CN(c2ccccc2F)S(=O)(=O)N(C)C)[C@H](C)C(=O)NC2CCCC2)c1. The molecule has 36 heavy (non-hydrogen) atoms. The van der Waals surface area contributed by atoms with Crippen LogP contribution in [0.25, 0.3) is 0 Å². The van der Waals surface area contributed by atoms with Gasteiger partial charge in [0.25, 0.3) is 0 Å². The molecule has 0 saturated heterocycles. The van der Waals surface area contributed by atoms with E-state index >= 15 is 0 Å². The van der Waals surface area contributed by atoms with Gasteiger partial charge in [-0.1, -0.05) is 54.8 Å². The molecule has 0 radical (unpaired) electrons. The number of carbonyl (C=O) groups excluding carboxylic acids is 2. The molecule has 1 atom stereocenters. The summed E-state index contributed by atoms with van der Waals surface area (Å²) < 4.78 is 42.6. The number of rotatable bonds is 10. The summed E-state index contributed by atoms with van der Waals surface area (Å²) in [5, 5.41) is 3.02. The van der Waals surface area contributed by atoms with Crippen molar-refractivity contribution in [3.05, 3.63) is 65.5 Å². The molecule has 3 rings (SSSR count). The number of nitrogens with zero attached hydrogens (tertiary/aromatic N) is 3. The molecule has 2 aromatic carbocycles. The number of para-hydroxylation sites is 1. The monoisotopic (exact) mass is 518 g/mol. The highest BCUT2D eigenvalue weighted by Gasteiger charge is 2.34. The van der Waals surface area contributed by atoms with E-state index in [4.69, 9.17) is 0 Å². The lowest BCUT2D eigenvalue weighted by Crippen LogP contribution is -2.53. The summed E-state index contributed by atoms with van der Waals surface area (Å²) in [5.41, 5.74) is 1.56. The van der Waals surface area contributed by atoms with Crippen molar-refractivity contribution < 1.29 is 22.4 Å². The van der Waals surface area contributed by atoms with Crippen LogP contribution in [0.4, 0.5) is 10.1 Å². The number of hydrogen-bond acceptors (Lipinski definition) is 4. The summed E-state index contributed by atoms with van der Waals surface area (Å²) in [5.74, 6) is -1.68. The second-order valence-corrected chi connectivity index (χ2v) is 11.5. The molecule has 0 aliphatic heterocycles. The molecule has 0 heterocycles. The lowest BCUT2D eigenvalue weighted by atomic mass is 10.1. The molecular formula is C26H35FN4O4S. The van der Waals surface area contributed by atoms with Gasteiger partial charge >= 0.3 is 10.2 Å². The minimum absolute atomic E-state index is 0.0694. The van der Waals surface area contributed by atoms with Crippen LogP contribution in [0, 0.1) is 12.7 Å². The third-order valence-electron chi connectivity index (χ3n) is 6.44. The standard InChI is InChI=1S/C26H35FN4O4S/c1-19-10-9-11-21(16-19)17-30(20(2)26(33)28-22-12-5-6-13-22)25(32)18-31(36(34,35)29(3)4)24-15-8-7-14-23(24)27/h7-11,14-16,20,22H,5-6,12-13,17-18H2,1-4H3,(H,28,33)/t20-/m1/s1. The van der Waals surface area contributed by atoms with Gasteiger partial charge in [0, 0.05) is 26.7 Å². The smallest absolute Gasteiger partial charge is 0.304 e. The molecule has 196 valence electrons. The van der Waals surface area contributed by atoms with Gasteiger partial charge in [0.2, 0.25) is 11.8 Å². The third kappa shape index (κ3) is 6.61. The van der Waals surface area contributed by atoms with Crippen LogP contribution in [0.2, 0.25) is 0 Å². The zero-order valence-corrected chi connectivity index (χ0v) is 22.1. The van der Waals surface area contributed by atoms with E-state index in [0.717, 1.165) is 51.5 Å². The van der Waals surface area contributed by atoms with Gasteiger partial charge < -0.3 is 10.2 Å². The maximum Gasteiger partial charge on any atom is 0.304 e. The summed E-state index contributed by atoms with van der Waals surface area (Å²) in [6, 6.07) is 12.2. The molecule has 10 heteroatoms. The number of nitrogens with one attached hydrogen (secondary N) is 1. The number of carbonyl (C=O) groups is 2. The molecule has 1 N–H and O–H groups in total. The topological polar surface area (TPSA) is 90.0 Å². The molecule has 0 spiro atoms. The van der Waals surface area contributed by atoms with Gasteiger partial charge in [0.05, 0.1) is 5.69 Å². The largest absolute Gasteiger partial charge is 0.352 e. The second kappa shape index (κ2) is 11.8. The average Bonchev–Trinajstić information content (AvgIpc) is 3.34. The van der Waals surface area contributed by atoms with Crippen molar-refractivity contribution in [3.8, 4) is 0 Å². The van der Waals surface area contributed by atoms with Crippen LogP contribution < -0.4 is 9.62 Å². The van der Waals surface area contributed by atoms with E-state index in [1.807, 2.05) is 31.2 Å². The molecule has 8 nitrogen and oxygen atoms in total. The highest BCUT2D eigenvalue weighted by Crippen LogP contribution is 2.24. The van der Waals surface area contributed by atoms with E-state index in [-0.39, 0.29) is 24.2 Å². The molecule has 1 aliphatic carbocycles. The predicted octanol–water partition coefficient (Wildman–Crippen LogP) is 3.22. The van der Waals surface area contributed by atoms with Gasteiger partial charge in [0.15, 0.2) is 0 Å². The highest BCUT2D eigenvalue weighted by molar-refractivity contribution is 7.90. The van der Waals surface area contributed by atoms with E-state index < -0.39 is 34.5 Å². The van der Waals surface area contributed by atoms with Crippen molar-refractivity contribution in [3.63, 3.8) is 0 Å². The van der Waals surface area contributed by atoms with E-state index in [0.29, 0.717) is 0 Å². The van der Waals surface area contributed by atoms with Crippen molar-refractivity contribution >= 4 is 27.7 Å². The number of amides is 2. The van der Waals surface area contributed by atoms with Crippen molar-refractivity contribution in [1.82, 2.24) is 14.5 Å². The van der Waals surface area contributed by atoms with Gasteiger partial charge in [-0.25, -0.2) is 8.70 Å². The number of hydrogen-bond donors (Lipinski definition) is 1. The van der Waals surface area contributed by atoms with Crippen LogP contribution in [0.15, 0.2) is 48.5 Å². The van der Waals surface area contributed by atoms with Crippen LogP contribution in [0.1, 0.15) is 43.7 Å². The normalized spacial score (nSPS) is 15.1. The third-order valence-corrected chi connectivity index (χ3v) is 8.25. The maximum absolute atomic E-state index is 14.7. The molecule has 1 saturated carbocycles.